The van der Waals surface area contributed by atoms with E-state index in [0.29, 0.717) is 19.3 Å². The van der Waals surface area contributed by atoms with E-state index in [2.05, 4.69) is 0 Å². The number of imide groups is 1. The third-order valence-electron chi connectivity index (χ3n) is 3.51. The number of carbonyl (C=O) groups excluding carboxylic acids is 3. The molecule has 1 unspecified atom stereocenters. The van der Waals surface area contributed by atoms with Crippen molar-refractivity contribution in [1.82, 2.24) is 4.90 Å². The van der Waals surface area contributed by atoms with Crippen LogP contribution in [0.4, 0.5) is 0 Å². The Hall–Kier alpha value is -1.19. The monoisotopic (exact) mass is 253 g/mol. The Labute approximate surface area is 109 Å². The summed E-state index contributed by atoms with van der Waals surface area (Å²) in [5.74, 6) is -0.0868. The van der Waals surface area contributed by atoms with E-state index in [4.69, 9.17) is 0 Å². The highest BCUT2D eigenvalue weighted by atomic mass is 16.2. The first-order valence-corrected chi connectivity index (χ1v) is 6.83. The molecule has 1 fully saturated rings. The molecule has 2 amide bonds. The highest BCUT2D eigenvalue weighted by Crippen LogP contribution is 2.26. The molecule has 0 aromatic rings. The quantitative estimate of drug-likeness (QED) is 0.653. The summed E-state index contributed by atoms with van der Waals surface area (Å²) in [7, 11) is 0. The molecule has 0 N–H and O–H groups in total. The topological polar surface area (TPSA) is 54.5 Å². The van der Waals surface area contributed by atoms with Gasteiger partial charge >= 0.3 is 0 Å². The molecule has 0 saturated carbocycles. The number of hydrogen-bond acceptors (Lipinski definition) is 3. The average Bonchev–Trinajstić information content (AvgIpc) is 2.60. The Balaban J connectivity index is 2.45. The van der Waals surface area contributed by atoms with Crippen molar-refractivity contribution in [2.24, 2.45) is 11.8 Å². The van der Waals surface area contributed by atoms with E-state index in [0.717, 1.165) is 12.8 Å². The van der Waals surface area contributed by atoms with Crippen LogP contribution < -0.4 is 0 Å². The van der Waals surface area contributed by atoms with Gasteiger partial charge in [-0.25, -0.2) is 0 Å². The molecule has 18 heavy (non-hydrogen) atoms. The number of unbranched alkanes of at least 4 members (excludes halogenated alkanes) is 1. The molecule has 1 atom stereocenters. The molecule has 102 valence electrons. The number of hydrogen-bond donors (Lipinski definition) is 0. The lowest BCUT2D eigenvalue weighted by molar-refractivity contribution is -0.139. The first-order valence-electron chi connectivity index (χ1n) is 6.83. The maximum atomic E-state index is 12.0. The molecule has 4 heteroatoms. The molecule has 0 spiro atoms. The maximum Gasteiger partial charge on any atom is 0.233 e. The Morgan fingerprint density at radius 1 is 1.33 bits per heavy atom. The summed E-state index contributed by atoms with van der Waals surface area (Å²) in [6, 6.07) is 0. The van der Waals surface area contributed by atoms with E-state index in [-0.39, 0.29) is 36.0 Å². The molecule has 1 rings (SSSR count). The second-order valence-corrected chi connectivity index (χ2v) is 5.33. The van der Waals surface area contributed by atoms with Crippen LogP contribution in [0.15, 0.2) is 0 Å². The highest BCUT2D eigenvalue weighted by molar-refractivity contribution is 6.03. The molecule has 1 aliphatic heterocycles. The zero-order valence-electron chi connectivity index (χ0n) is 11.6. The number of carbonyl (C=O) groups is 3. The molecule has 0 aliphatic carbocycles. The maximum absolute atomic E-state index is 12.0. The summed E-state index contributed by atoms with van der Waals surface area (Å²) in [6.07, 6.45) is 3.04. The van der Waals surface area contributed by atoms with Gasteiger partial charge in [0.15, 0.2) is 0 Å². The summed E-state index contributed by atoms with van der Waals surface area (Å²) in [5, 5.41) is 0. The molecule has 0 aromatic carbocycles. The van der Waals surface area contributed by atoms with Crippen molar-refractivity contribution >= 4 is 17.6 Å². The molecule has 4 nitrogen and oxygen atoms in total. The standard InChI is InChI=1S/C14H23NO3/c1-4-5-6-11(16)7-8-15-13(17)9-12(10(2)3)14(15)18/h10,12H,4-9H2,1-3H3. The molecular formula is C14H23NO3. The van der Waals surface area contributed by atoms with Crippen molar-refractivity contribution in [1.29, 1.82) is 0 Å². The van der Waals surface area contributed by atoms with E-state index < -0.39 is 0 Å². The predicted molar refractivity (Wildman–Crippen MR) is 68.8 cm³/mol. The normalized spacial score (nSPS) is 20.0. The van der Waals surface area contributed by atoms with Crippen LogP contribution in [0.1, 0.15) is 52.9 Å². The van der Waals surface area contributed by atoms with Gasteiger partial charge in [-0.3, -0.25) is 19.3 Å². The summed E-state index contributed by atoms with van der Waals surface area (Å²) in [5.41, 5.74) is 0. The predicted octanol–water partition coefficient (Wildman–Crippen LogP) is 2.17. The number of amides is 2. The zero-order valence-corrected chi connectivity index (χ0v) is 11.6. The van der Waals surface area contributed by atoms with E-state index in [9.17, 15) is 14.4 Å². The van der Waals surface area contributed by atoms with E-state index in [1.807, 2.05) is 20.8 Å². The molecule has 0 bridgehead atoms. The van der Waals surface area contributed by atoms with Gasteiger partial charge < -0.3 is 0 Å². The number of Topliss-reactive ketones (excluding diaryl/α,β-unsaturated/α-hetero) is 1. The SMILES string of the molecule is CCCCC(=O)CCN1C(=O)CC(C(C)C)C1=O. The fourth-order valence-electron chi connectivity index (χ4n) is 2.20. The fraction of sp³-hybridized carbons (Fsp3) is 0.786. The van der Waals surface area contributed by atoms with Crippen molar-refractivity contribution in [3.05, 3.63) is 0 Å². The minimum Gasteiger partial charge on any atom is -0.300 e. The lowest BCUT2D eigenvalue weighted by atomic mass is 9.94. The van der Waals surface area contributed by atoms with Crippen molar-refractivity contribution in [3.8, 4) is 0 Å². The molecule has 0 aromatic heterocycles. The molecule has 1 saturated heterocycles. The van der Waals surface area contributed by atoms with Gasteiger partial charge in [0.05, 0.1) is 0 Å². The molecule has 0 radical (unpaired) electrons. The third kappa shape index (κ3) is 3.65. The lowest BCUT2D eigenvalue weighted by Gasteiger charge is -2.15. The van der Waals surface area contributed by atoms with Crippen LogP contribution in [-0.4, -0.2) is 29.0 Å². The largest absolute Gasteiger partial charge is 0.300 e. The van der Waals surface area contributed by atoms with Crippen LogP contribution in [0.25, 0.3) is 0 Å². The summed E-state index contributed by atoms with van der Waals surface area (Å²) in [6.45, 7) is 6.20. The summed E-state index contributed by atoms with van der Waals surface area (Å²) in [4.78, 5) is 36.5. The molecule has 1 heterocycles. The van der Waals surface area contributed by atoms with E-state index in [1.165, 1.54) is 4.90 Å². The number of ketones is 1. The van der Waals surface area contributed by atoms with Gasteiger partial charge in [0.1, 0.15) is 5.78 Å². The smallest absolute Gasteiger partial charge is 0.233 e. The Bertz CT molecular complexity index is 336. The van der Waals surface area contributed by atoms with E-state index in [1.54, 1.807) is 0 Å². The van der Waals surface area contributed by atoms with Crippen LogP contribution in [0.2, 0.25) is 0 Å². The first kappa shape index (κ1) is 14.9. The zero-order chi connectivity index (χ0) is 13.7. The molecular weight excluding hydrogens is 230 g/mol. The van der Waals surface area contributed by atoms with Crippen LogP contribution in [0.5, 0.6) is 0 Å². The van der Waals surface area contributed by atoms with Crippen LogP contribution in [0.3, 0.4) is 0 Å². The van der Waals surface area contributed by atoms with Gasteiger partial charge in [-0.05, 0) is 12.3 Å². The third-order valence-corrected chi connectivity index (χ3v) is 3.51. The summed E-state index contributed by atoms with van der Waals surface area (Å²) >= 11 is 0. The van der Waals surface area contributed by atoms with Gasteiger partial charge in [0, 0.05) is 31.7 Å². The number of rotatable bonds is 7. The Morgan fingerprint density at radius 2 is 2.00 bits per heavy atom. The van der Waals surface area contributed by atoms with Gasteiger partial charge in [0.2, 0.25) is 11.8 Å². The number of nitrogens with zero attached hydrogens (tertiary/aromatic N) is 1. The second-order valence-electron chi connectivity index (χ2n) is 5.33. The van der Waals surface area contributed by atoms with Gasteiger partial charge in [-0.1, -0.05) is 27.2 Å². The fourth-order valence-corrected chi connectivity index (χ4v) is 2.20. The highest BCUT2D eigenvalue weighted by Gasteiger charge is 2.39. The van der Waals surface area contributed by atoms with Gasteiger partial charge in [0.25, 0.3) is 0 Å². The average molecular weight is 253 g/mol. The molecule has 1 aliphatic rings. The minimum atomic E-state index is -0.191. The van der Waals surface area contributed by atoms with Gasteiger partial charge in [-0.15, -0.1) is 0 Å². The van der Waals surface area contributed by atoms with Crippen molar-refractivity contribution in [3.63, 3.8) is 0 Å². The Morgan fingerprint density at radius 3 is 2.50 bits per heavy atom. The minimum absolute atomic E-state index is 0.0988. The van der Waals surface area contributed by atoms with Crippen LogP contribution in [0, 0.1) is 11.8 Å². The van der Waals surface area contributed by atoms with Crippen LogP contribution in [-0.2, 0) is 14.4 Å². The first-order chi connectivity index (χ1) is 8.47. The van der Waals surface area contributed by atoms with Gasteiger partial charge in [-0.2, -0.15) is 0 Å². The number of likely N-dealkylation sites (tertiary alicyclic amines) is 1. The van der Waals surface area contributed by atoms with Crippen molar-refractivity contribution < 1.29 is 14.4 Å². The van der Waals surface area contributed by atoms with Crippen molar-refractivity contribution in [2.75, 3.05) is 6.54 Å². The van der Waals surface area contributed by atoms with Crippen molar-refractivity contribution in [2.45, 2.75) is 52.9 Å². The summed E-state index contributed by atoms with van der Waals surface area (Å²) < 4.78 is 0. The Kier molecular flexibility index (Phi) is 5.51. The van der Waals surface area contributed by atoms with Crippen LogP contribution >= 0.6 is 0 Å². The van der Waals surface area contributed by atoms with E-state index >= 15 is 0 Å². The second kappa shape index (κ2) is 6.66. The lowest BCUT2D eigenvalue weighted by Crippen LogP contribution is -2.33.